The van der Waals surface area contributed by atoms with E-state index in [1.807, 2.05) is 0 Å². The van der Waals surface area contributed by atoms with E-state index < -0.39 is 26.5 Å². The second kappa shape index (κ2) is 8.20. The molecule has 5 aliphatic carbocycles. The van der Waals surface area contributed by atoms with Gasteiger partial charge in [-0.1, -0.05) is 36.9 Å². The van der Waals surface area contributed by atoms with Gasteiger partial charge < -0.3 is 11.1 Å². The molecule has 186 valence electrons. The van der Waals surface area contributed by atoms with Gasteiger partial charge >= 0.3 is 0 Å². The monoisotopic (exact) mass is 507 g/mol. The van der Waals surface area contributed by atoms with E-state index in [0.29, 0.717) is 41.7 Å². The Bertz CT molecular complexity index is 1110. The smallest absolute Gasteiger partial charge is 0.241 e. The van der Waals surface area contributed by atoms with Crippen LogP contribution in [0.1, 0.15) is 76.2 Å². The number of primary amides is 1. The van der Waals surface area contributed by atoms with Crippen LogP contribution in [0.15, 0.2) is 23.1 Å². The topological polar surface area (TPSA) is 118 Å². The highest BCUT2D eigenvalue weighted by Crippen LogP contribution is 2.61. The molecule has 0 aromatic heterocycles. The van der Waals surface area contributed by atoms with Gasteiger partial charge in [0, 0.05) is 10.6 Å². The van der Waals surface area contributed by atoms with Crippen molar-refractivity contribution in [3.05, 3.63) is 28.8 Å². The highest BCUT2D eigenvalue weighted by Gasteiger charge is 2.61. The minimum Gasteiger partial charge on any atom is -0.369 e. The first-order valence-corrected chi connectivity index (χ1v) is 14.3. The van der Waals surface area contributed by atoms with Gasteiger partial charge in [0.05, 0.1) is 10.3 Å². The zero-order chi connectivity index (χ0) is 24.4. The summed E-state index contributed by atoms with van der Waals surface area (Å²) in [5.74, 6) is 0.228. The molecule has 2 amide bonds. The molecule has 4 N–H and O–H groups in total. The molecule has 7 nitrogen and oxygen atoms in total. The maximum absolute atomic E-state index is 14.0. The van der Waals surface area contributed by atoms with E-state index in [0.717, 1.165) is 51.4 Å². The van der Waals surface area contributed by atoms with Crippen molar-refractivity contribution in [2.24, 2.45) is 23.0 Å². The standard InChI is InChI=1S/C25H34ClN3O4S/c1-16-19(26)6-5-7-20(16)34(32,33)29-25(8-3-2-4-9-25)22(31)28-24-13-17-10-18(14-24)12-23(11-17,15-24)21(27)30/h5-7,17-18,29H,2-4,8-15H2,1H3,(H2,27,30)(H,28,31). The molecule has 5 fully saturated rings. The van der Waals surface area contributed by atoms with Crippen LogP contribution in [-0.4, -0.2) is 31.3 Å². The van der Waals surface area contributed by atoms with Crippen molar-refractivity contribution in [2.45, 2.75) is 93.5 Å². The Morgan fingerprint density at radius 2 is 1.71 bits per heavy atom. The number of amides is 2. The van der Waals surface area contributed by atoms with Crippen molar-refractivity contribution in [3.8, 4) is 0 Å². The number of carbonyl (C=O) groups excluding carboxylic acids is 2. The van der Waals surface area contributed by atoms with Crippen LogP contribution < -0.4 is 15.8 Å². The predicted octanol–water partition coefficient (Wildman–Crippen LogP) is 3.57. The highest BCUT2D eigenvalue weighted by atomic mass is 35.5. The summed E-state index contributed by atoms with van der Waals surface area (Å²) in [5, 5.41) is 3.69. The van der Waals surface area contributed by atoms with Crippen molar-refractivity contribution in [3.63, 3.8) is 0 Å². The number of halogens is 1. The molecule has 2 atom stereocenters. The van der Waals surface area contributed by atoms with Crippen LogP contribution in [0.5, 0.6) is 0 Å². The molecule has 1 aromatic rings. The van der Waals surface area contributed by atoms with E-state index in [9.17, 15) is 18.0 Å². The van der Waals surface area contributed by atoms with Crippen LogP contribution in [0.25, 0.3) is 0 Å². The second-order valence-electron chi connectivity index (χ2n) is 11.5. The normalized spacial score (nSPS) is 34.1. The van der Waals surface area contributed by atoms with E-state index in [1.165, 1.54) is 6.07 Å². The minimum atomic E-state index is -3.98. The van der Waals surface area contributed by atoms with E-state index >= 15 is 0 Å². The van der Waals surface area contributed by atoms with Crippen molar-refractivity contribution in [2.75, 3.05) is 0 Å². The number of hydrogen-bond donors (Lipinski definition) is 3. The molecule has 0 radical (unpaired) electrons. The average Bonchev–Trinajstić information content (AvgIpc) is 2.74. The van der Waals surface area contributed by atoms with Crippen LogP contribution in [0.4, 0.5) is 0 Å². The summed E-state index contributed by atoms with van der Waals surface area (Å²) >= 11 is 6.19. The summed E-state index contributed by atoms with van der Waals surface area (Å²) in [6, 6.07) is 4.78. The summed E-state index contributed by atoms with van der Waals surface area (Å²) in [6.45, 7) is 1.67. The molecule has 1 aromatic carbocycles. The molecule has 0 saturated heterocycles. The van der Waals surface area contributed by atoms with Gasteiger partial charge in [0.1, 0.15) is 5.54 Å². The first-order valence-electron chi connectivity index (χ1n) is 12.4. The van der Waals surface area contributed by atoms with Crippen molar-refractivity contribution in [1.29, 1.82) is 0 Å². The van der Waals surface area contributed by atoms with Gasteiger partial charge in [-0.15, -0.1) is 0 Å². The van der Waals surface area contributed by atoms with Crippen molar-refractivity contribution < 1.29 is 18.0 Å². The van der Waals surface area contributed by atoms with Crippen LogP contribution in [-0.2, 0) is 19.6 Å². The molecule has 6 rings (SSSR count). The maximum Gasteiger partial charge on any atom is 0.241 e. The fraction of sp³-hybridized carbons (Fsp3) is 0.680. The Kier molecular flexibility index (Phi) is 5.81. The number of nitrogens with two attached hydrogens (primary N) is 1. The van der Waals surface area contributed by atoms with Gasteiger partial charge in [0.2, 0.25) is 21.8 Å². The molecular weight excluding hydrogens is 474 g/mol. The van der Waals surface area contributed by atoms with Gasteiger partial charge in [0.25, 0.3) is 0 Å². The Morgan fingerprint density at radius 3 is 2.32 bits per heavy atom. The number of hydrogen-bond acceptors (Lipinski definition) is 4. The van der Waals surface area contributed by atoms with Crippen LogP contribution in [0, 0.1) is 24.2 Å². The number of rotatable bonds is 6. The molecule has 5 aliphatic rings. The Labute approximate surface area is 206 Å². The summed E-state index contributed by atoms with van der Waals surface area (Å²) in [7, 11) is -3.98. The summed E-state index contributed by atoms with van der Waals surface area (Å²) in [5.41, 5.74) is 4.09. The summed E-state index contributed by atoms with van der Waals surface area (Å²) in [6.07, 6.45) is 8.33. The Morgan fingerprint density at radius 1 is 1.06 bits per heavy atom. The lowest BCUT2D eigenvalue weighted by Crippen LogP contribution is -2.69. The van der Waals surface area contributed by atoms with E-state index in [4.69, 9.17) is 17.3 Å². The third kappa shape index (κ3) is 3.95. The third-order valence-corrected chi connectivity index (χ3v) is 11.0. The highest BCUT2D eigenvalue weighted by molar-refractivity contribution is 7.89. The largest absolute Gasteiger partial charge is 0.369 e. The second-order valence-corrected chi connectivity index (χ2v) is 13.5. The lowest BCUT2D eigenvalue weighted by atomic mass is 9.46. The molecule has 0 aliphatic heterocycles. The third-order valence-electron chi connectivity index (χ3n) is 8.94. The molecule has 0 spiro atoms. The van der Waals surface area contributed by atoms with Crippen molar-refractivity contribution in [1.82, 2.24) is 10.0 Å². The van der Waals surface area contributed by atoms with E-state index in [2.05, 4.69) is 10.0 Å². The zero-order valence-corrected chi connectivity index (χ0v) is 21.2. The SMILES string of the molecule is Cc1c(Cl)cccc1S(=O)(=O)NC1(C(=O)NC23CC4CC(C2)CC(C(N)=O)(C4)C3)CCCCC1. The quantitative estimate of drug-likeness (QED) is 0.545. The van der Waals surface area contributed by atoms with Crippen LogP contribution in [0.2, 0.25) is 5.02 Å². The fourth-order valence-corrected chi connectivity index (χ4v) is 9.70. The van der Waals surface area contributed by atoms with Gasteiger partial charge in [0.15, 0.2) is 0 Å². The summed E-state index contributed by atoms with van der Waals surface area (Å²) < 4.78 is 29.8. The molecule has 9 heteroatoms. The molecule has 0 heterocycles. The lowest BCUT2D eigenvalue weighted by molar-refractivity contribution is -0.152. The van der Waals surface area contributed by atoms with Gasteiger partial charge in [-0.2, -0.15) is 4.72 Å². The number of sulfonamides is 1. The van der Waals surface area contributed by atoms with Crippen LogP contribution in [0.3, 0.4) is 0 Å². The fourth-order valence-electron chi connectivity index (χ4n) is 7.78. The van der Waals surface area contributed by atoms with Gasteiger partial charge in [-0.3, -0.25) is 9.59 Å². The number of benzene rings is 1. The summed E-state index contributed by atoms with van der Waals surface area (Å²) in [4.78, 5) is 26.5. The molecular formula is C25H34ClN3O4S. The van der Waals surface area contributed by atoms with Gasteiger partial charge in [-0.05, 0) is 87.8 Å². The van der Waals surface area contributed by atoms with Gasteiger partial charge in [-0.25, -0.2) is 8.42 Å². The number of nitrogens with one attached hydrogen (secondary N) is 2. The first-order chi connectivity index (χ1) is 16.0. The first kappa shape index (κ1) is 24.1. The van der Waals surface area contributed by atoms with E-state index in [1.54, 1.807) is 19.1 Å². The molecule has 2 unspecified atom stereocenters. The Balaban J connectivity index is 1.44. The Hall–Kier alpha value is -1.64. The minimum absolute atomic E-state index is 0.0974. The predicted molar refractivity (Wildman–Crippen MR) is 130 cm³/mol. The van der Waals surface area contributed by atoms with Crippen molar-refractivity contribution >= 4 is 33.4 Å². The molecule has 5 saturated carbocycles. The van der Waals surface area contributed by atoms with Crippen LogP contribution >= 0.6 is 11.6 Å². The van der Waals surface area contributed by atoms with E-state index in [-0.39, 0.29) is 16.7 Å². The molecule has 4 bridgehead atoms. The lowest BCUT2D eigenvalue weighted by Gasteiger charge is -2.61. The zero-order valence-electron chi connectivity index (χ0n) is 19.7. The molecule has 34 heavy (non-hydrogen) atoms. The maximum atomic E-state index is 14.0. The average molecular weight is 508 g/mol. The number of carbonyl (C=O) groups is 2.